The second-order valence-corrected chi connectivity index (χ2v) is 9.28. The van der Waals surface area contributed by atoms with E-state index in [1.54, 1.807) is 11.8 Å². The van der Waals surface area contributed by atoms with Crippen LogP contribution in [0.2, 0.25) is 0 Å². The van der Waals surface area contributed by atoms with E-state index in [4.69, 9.17) is 4.74 Å². The van der Waals surface area contributed by atoms with Gasteiger partial charge in [0.1, 0.15) is 0 Å². The summed E-state index contributed by atoms with van der Waals surface area (Å²) in [5.74, 6) is 0.768. The fraction of sp³-hybridized carbons (Fsp3) is 0.417. The summed E-state index contributed by atoms with van der Waals surface area (Å²) >= 11 is 1.66. The van der Waals surface area contributed by atoms with Gasteiger partial charge in [0.25, 0.3) is 5.91 Å². The van der Waals surface area contributed by atoms with Crippen molar-refractivity contribution in [3.63, 3.8) is 0 Å². The van der Waals surface area contributed by atoms with E-state index in [1.807, 2.05) is 48.5 Å². The summed E-state index contributed by atoms with van der Waals surface area (Å²) in [6.07, 6.45) is 0.457. The van der Waals surface area contributed by atoms with Crippen LogP contribution in [-0.4, -0.2) is 58.7 Å². The summed E-state index contributed by atoms with van der Waals surface area (Å²) in [6.45, 7) is 8.79. The zero-order valence-corrected chi connectivity index (χ0v) is 19.1. The van der Waals surface area contributed by atoms with E-state index in [2.05, 4.69) is 41.0 Å². The molecule has 3 atom stereocenters. The number of carbonyl (C=O) groups is 1. The van der Waals surface area contributed by atoms with Crippen molar-refractivity contribution in [2.24, 2.45) is 0 Å². The number of imidazole rings is 1. The Morgan fingerprint density at radius 2 is 1.90 bits per heavy atom. The van der Waals surface area contributed by atoms with E-state index < -0.39 is 0 Å². The number of morpholine rings is 1. The van der Waals surface area contributed by atoms with Crippen LogP contribution in [0.1, 0.15) is 36.7 Å². The number of para-hydroxylation sites is 2. The van der Waals surface area contributed by atoms with Gasteiger partial charge in [0.15, 0.2) is 5.16 Å². The molecule has 1 amide bonds. The number of nitrogens with one attached hydrogen (secondary N) is 2. The molecule has 4 rings (SSSR count). The first-order valence-electron chi connectivity index (χ1n) is 10.8. The fourth-order valence-corrected chi connectivity index (χ4v) is 4.79. The molecule has 2 heterocycles. The molecule has 1 aliphatic rings. The molecular weight excluding hydrogens is 408 g/mol. The minimum atomic E-state index is -0.0299. The topological polar surface area (TPSA) is 70.2 Å². The third kappa shape index (κ3) is 5.67. The highest BCUT2D eigenvalue weighted by Gasteiger charge is 2.25. The maximum Gasteiger partial charge on any atom is 0.251 e. The molecule has 1 fully saturated rings. The van der Waals surface area contributed by atoms with Gasteiger partial charge in [0, 0.05) is 37.0 Å². The Morgan fingerprint density at radius 3 is 2.61 bits per heavy atom. The Labute approximate surface area is 187 Å². The Balaban J connectivity index is 1.26. The number of aromatic nitrogens is 2. The van der Waals surface area contributed by atoms with Crippen molar-refractivity contribution in [2.45, 2.75) is 49.9 Å². The lowest BCUT2D eigenvalue weighted by Crippen LogP contribution is -2.52. The highest BCUT2D eigenvalue weighted by molar-refractivity contribution is 7.98. The predicted octanol–water partition coefficient (Wildman–Crippen LogP) is 4.08. The van der Waals surface area contributed by atoms with Gasteiger partial charge in [-0.3, -0.25) is 9.69 Å². The molecule has 0 aliphatic carbocycles. The van der Waals surface area contributed by atoms with Crippen LogP contribution in [-0.2, 0) is 10.5 Å². The molecule has 2 N–H and O–H groups in total. The van der Waals surface area contributed by atoms with Gasteiger partial charge in [-0.05, 0) is 50.6 Å². The number of H-pyrrole nitrogens is 1. The minimum absolute atomic E-state index is 0.0299. The van der Waals surface area contributed by atoms with Crippen molar-refractivity contribution in [3.8, 4) is 0 Å². The molecule has 2 aromatic carbocycles. The van der Waals surface area contributed by atoms with Gasteiger partial charge in [0.2, 0.25) is 0 Å². The number of carbonyl (C=O) groups excluding carboxylic acids is 1. The van der Waals surface area contributed by atoms with Gasteiger partial charge in [-0.15, -0.1) is 0 Å². The number of thioether (sulfide) groups is 1. The molecule has 0 radical (unpaired) electrons. The zero-order valence-electron chi connectivity index (χ0n) is 18.3. The van der Waals surface area contributed by atoms with Crippen molar-refractivity contribution >= 4 is 28.7 Å². The highest BCUT2D eigenvalue weighted by atomic mass is 32.2. The van der Waals surface area contributed by atoms with Crippen LogP contribution >= 0.6 is 11.8 Å². The monoisotopic (exact) mass is 438 g/mol. The van der Waals surface area contributed by atoms with E-state index in [9.17, 15) is 4.79 Å². The molecule has 0 spiro atoms. The number of rotatable bonds is 7. The molecule has 0 bridgehead atoms. The maximum absolute atomic E-state index is 12.6. The van der Waals surface area contributed by atoms with Crippen molar-refractivity contribution in [2.75, 3.05) is 19.6 Å². The number of aromatic amines is 1. The van der Waals surface area contributed by atoms with Crippen LogP contribution < -0.4 is 5.32 Å². The number of ether oxygens (including phenoxy) is 1. The second-order valence-electron chi connectivity index (χ2n) is 8.31. The zero-order chi connectivity index (χ0) is 21.8. The summed E-state index contributed by atoms with van der Waals surface area (Å²) in [5, 5.41) is 3.98. The lowest BCUT2D eigenvalue weighted by molar-refractivity contribution is -0.0778. The maximum atomic E-state index is 12.6. The average molecular weight is 439 g/mol. The minimum Gasteiger partial charge on any atom is -0.373 e. The van der Waals surface area contributed by atoms with Gasteiger partial charge < -0.3 is 15.0 Å². The predicted molar refractivity (Wildman–Crippen MR) is 125 cm³/mol. The number of fused-ring (bicyclic) bond motifs is 1. The SMILES string of the molecule is CC1CN(C(C)CNC(=O)c2ccc(CSc3nc4ccccc4[nH]3)cc2)CC(C)O1. The van der Waals surface area contributed by atoms with Gasteiger partial charge in [0.05, 0.1) is 23.2 Å². The lowest BCUT2D eigenvalue weighted by atomic mass is 10.1. The first-order valence-corrected chi connectivity index (χ1v) is 11.8. The molecule has 7 heteroatoms. The fourth-order valence-electron chi connectivity index (χ4n) is 3.95. The first-order chi connectivity index (χ1) is 15.0. The van der Waals surface area contributed by atoms with E-state index in [-0.39, 0.29) is 24.2 Å². The molecule has 1 saturated heterocycles. The summed E-state index contributed by atoms with van der Waals surface area (Å²) < 4.78 is 5.80. The number of benzene rings is 2. The van der Waals surface area contributed by atoms with Gasteiger partial charge in [-0.1, -0.05) is 36.0 Å². The van der Waals surface area contributed by atoms with Crippen LogP contribution in [0.4, 0.5) is 0 Å². The van der Waals surface area contributed by atoms with Gasteiger partial charge >= 0.3 is 0 Å². The number of hydrogen-bond acceptors (Lipinski definition) is 5. The summed E-state index contributed by atoms with van der Waals surface area (Å²) in [5.41, 5.74) is 3.87. The normalized spacial score (nSPS) is 20.6. The van der Waals surface area contributed by atoms with E-state index >= 15 is 0 Å². The van der Waals surface area contributed by atoms with Crippen LogP contribution in [0.5, 0.6) is 0 Å². The molecule has 1 aliphatic heterocycles. The number of nitrogens with zero attached hydrogens (tertiary/aromatic N) is 2. The van der Waals surface area contributed by atoms with Crippen LogP contribution in [0.15, 0.2) is 53.7 Å². The second kappa shape index (κ2) is 9.85. The lowest BCUT2D eigenvalue weighted by Gasteiger charge is -2.39. The Bertz CT molecular complexity index is 977. The van der Waals surface area contributed by atoms with Crippen molar-refractivity contribution in [3.05, 3.63) is 59.7 Å². The third-order valence-electron chi connectivity index (χ3n) is 5.59. The summed E-state index contributed by atoms with van der Waals surface area (Å²) in [7, 11) is 0. The number of hydrogen-bond donors (Lipinski definition) is 2. The number of amides is 1. The quantitative estimate of drug-likeness (QED) is 0.544. The Morgan fingerprint density at radius 1 is 1.19 bits per heavy atom. The van der Waals surface area contributed by atoms with Gasteiger partial charge in [-0.25, -0.2) is 4.98 Å². The largest absolute Gasteiger partial charge is 0.373 e. The molecule has 31 heavy (non-hydrogen) atoms. The molecule has 3 unspecified atom stereocenters. The van der Waals surface area contributed by atoms with E-state index in [0.717, 1.165) is 40.6 Å². The van der Waals surface area contributed by atoms with Crippen LogP contribution in [0.3, 0.4) is 0 Å². The van der Waals surface area contributed by atoms with E-state index in [1.165, 1.54) is 0 Å². The van der Waals surface area contributed by atoms with Crippen molar-refractivity contribution in [1.82, 2.24) is 20.2 Å². The third-order valence-corrected chi connectivity index (χ3v) is 6.53. The molecule has 6 nitrogen and oxygen atoms in total. The molecular formula is C24H30N4O2S. The van der Waals surface area contributed by atoms with Crippen LogP contribution in [0.25, 0.3) is 11.0 Å². The summed E-state index contributed by atoms with van der Waals surface area (Å²) in [6, 6.07) is 16.1. The van der Waals surface area contributed by atoms with Crippen molar-refractivity contribution < 1.29 is 9.53 Å². The average Bonchev–Trinajstić information content (AvgIpc) is 3.18. The van der Waals surface area contributed by atoms with Gasteiger partial charge in [-0.2, -0.15) is 0 Å². The molecule has 0 saturated carbocycles. The molecule has 3 aromatic rings. The summed E-state index contributed by atoms with van der Waals surface area (Å²) in [4.78, 5) is 22.9. The van der Waals surface area contributed by atoms with Crippen molar-refractivity contribution in [1.29, 1.82) is 0 Å². The Hall–Kier alpha value is -2.35. The molecule has 1 aromatic heterocycles. The Kier molecular flexibility index (Phi) is 6.95. The van der Waals surface area contributed by atoms with Crippen LogP contribution in [0, 0.1) is 0 Å². The highest BCUT2D eigenvalue weighted by Crippen LogP contribution is 2.23. The standard InChI is InChI=1S/C24H30N4O2S/c1-16(28-13-17(2)30-18(3)14-28)12-25-23(29)20-10-8-19(9-11-20)15-31-24-26-21-6-4-5-7-22(21)27-24/h4-11,16-18H,12-15H2,1-3H3,(H,25,29)(H,26,27). The first kappa shape index (κ1) is 21.9. The molecule has 164 valence electrons. The van der Waals surface area contributed by atoms with E-state index in [0.29, 0.717) is 12.1 Å². The smallest absolute Gasteiger partial charge is 0.251 e.